The summed E-state index contributed by atoms with van der Waals surface area (Å²) in [5.41, 5.74) is 0.225. The normalized spacial score (nSPS) is 12.0. The van der Waals surface area contributed by atoms with E-state index in [9.17, 15) is 9.59 Å². The first-order valence-corrected chi connectivity index (χ1v) is 6.77. The van der Waals surface area contributed by atoms with Crippen molar-refractivity contribution in [2.24, 2.45) is 0 Å². The largest absolute Gasteiger partial charge is 0.382 e. The molecule has 7 heteroatoms. The Balaban J connectivity index is 2.32. The highest BCUT2D eigenvalue weighted by molar-refractivity contribution is 5.93. The van der Waals surface area contributed by atoms with E-state index in [0.717, 1.165) is 0 Å². The minimum absolute atomic E-state index is 0.00914. The van der Waals surface area contributed by atoms with Crippen LogP contribution in [-0.2, 0) is 4.74 Å². The summed E-state index contributed by atoms with van der Waals surface area (Å²) >= 11 is 0. The van der Waals surface area contributed by atoms with Gasteiger partial charge in [0.25, 0.3) is 11.5 Å². The van der Waals surface area contributed by atoms with Crippen LogP contribution in [0, 0.1) is 6.92 Å². The van der Waals surface area contributed by atoms with E-state index in [1.807, 2.05) is 12.1 Å². The molecule has 2 rings (SSSR count). The van der Waals surface area contributed by atoms with Crippen molar-refractivity contribution in [2.45, 2.75) is 13.0 Å². The van der Waals surface area contributed by atoms with Gasteiger partial charge in [-0.15, -0.1) is 0 Å². The van der Waals surface area contributed by atoms with Crippen molar-refractivity contribution in [2.75, 3.05) is 20.8 Å². The summed E-state index contributed by atoms with van der Waals surface area (Å²) < 4.78 is 5.18. The van der Waals surface area contributed by atoms with Crippen LogP contribution in [0.3, 0.4) is 0 Å². The molecule has 2 heterocycles. The number of H-pyrrole nitrogens is 1. The molecule has 0 aromatic carbocycles. The molecule has 0 bridgehead atoms. The number of nitrogens with one attached hydrogen (secondary N) is 1. The number of hydrogen-bond donors (Lipinski definition) is 1. The van der Waals surface area contributed by atoms with Gasteiger partial charge >= 0.3 is 0 Å². The molecule has 2 aromatic rings. The number of nitrogens with zero attached hydrogens (tertiary/aromatic N) is 3. The summed E-state index contributed by atoms with van der Waals surface area (Å²) in [6.07, 6.45) is 2.94. The first-order valence-electron chi connectivity index (χ1n) is 6.77. The molecule has 0 aliphatic rings. The minimum Gasteiger partial charge on any atom is -0.382 e. The Labute approximate surface area is 128 Å². The molecule has 0 saturated carbocycles. The van der Waals surface area contributed by atoms with Crippen LogP contribution in [-0.4, -0.2) is 46.5 Å². The number of pyridine rings is 1. The van der Waals surface area contributed by atoms with E-state index in [1.165, 1.54) is 11.1 Å². The highest BCUT2D eigenvalue weighted by Crippen LogP contribution is 2.18. The standard InChI is InChI=1S/C15H18N4O3/c1-10-17-8-11(14(20)18-10)15(21)19(2)13(9-22-3)12-6-4-5-7-16-12/h4-8,13H,9H2,1-3H3,(H,17,18,20)/t13-/m0/s1. The number of aromatic amines is 1. The lowest BCUT2D eigenvalue weighted by Crippen LogP contribution is -2.37. The Morgan fingerprint density at radius 2 is 2.18 bits per heavy atom. The predicted octanol–water partition coefficient (Wildman–Crippen LogP) is 0.933. The van der Waals surface area contributed by atoms with Gasteiger partial charge in [0.05, 0.1) is 18.3 Å². The predicted molar refractivity (Wildman–Crippen MR) is 80.5 cm³/mol. The fourth-order valence-corrected chi connectivity index (χ4v) is 2.09. The van der Waals surface area contributed by atoms with Crippen LogP contribution >= 0.6 is 0 Å². The maximum absolute atomic E-state index is 12.5. The minimum atomic E-state index is -0.457. The summed E-state index contributed by atoms with van der Waals surface area (Å²) in [6, 6.07) is 5.05. The van der Waals surface area contributed by atoms with Crippen molar-refractivity contribution in [3.63, 3.8) is 0 Å². The SMILES string of the molecule is COC[C@@H](c1ccccn1)N(C)C(=O)c1cnc(C)[nH]c1=O. The Kier molecular flexibility index (Phi) is 5.00. The van der Waals surface area contributed by atoms with E-state index < -0.39 is 11.5 Å². The van der Waals surface area contributed by atoms with E-state index in [4.69, 9.17) is 4.74 Å². The summed E-state index contributed by atoms with van der Waals surface area (Å²) in [7, 11) is 3.16. The Morgan fingerprint density at radius 3 is 2.77 bits per heavy atom. The lowest BCUT2D eigenvalue weighted by Gasteiger charge is -2.27. The second kappa shape index (κ2) is 6.95. The van der Waals surface area contributed by atoms with Crippen molar-refractivity contribution in [1.29, 1.82) is 0 Å². The molecule has 7 nitrogen and oxygen atoms in total. The number of hydrogen-bond acceptors (Lipinski definition) is 5. The maximum atomic E-state index is 12.5. The smallest absolute Gasteiger partial charge is 0.263 e. The number of likely N-dealkylation sites (N-methyl/N-ethyl adjacent to an activating group) is 1. The van der Waals surface area contributed by atoms with E-state index in [2.05, 4.69) is 15.0 Å². The van der Waals surface area contributed by atoms with Crippen molar-refractivity contribution >= 4 is 5.91 Å². The average molecular weight is 302 g/mol. The fraction of sp³-hybridized carbons (Fsp3) is 0.333. The second-order valence-corrected chi connectivity index (χ2v) is 4.85. The number of ether oxygens (including phenoxy) is 1. The topological polar surface area (TPSA) is 88.2 Å². The quantitative estimate of drug-likeness (QED) is 0.887. The van der Waals surface area contributed by atoms with Crippen LogP contribution in [0.2, 0.25) is 0 Å². The zero-order valence-corrected chi connectivity index (χ0v) is 12.7. The molecule has 22 heavy (non-hydrogen) atoms. The van der Waals surface area contributed by atoms with Gasteiger partial charge in [-0.05, 0) is 19.1 Å². The molecule has 1 atom stereocenters. The first-order chi connectivity index (χ1) is 10.5. The van der Waals surface area contributed by atoms with E-state index in [0.29, 0.717) is 11.5 Å². The van der Waals surface area contributed by atoms with Crippen LogP contribution < -0.4 is 5.56 Å². The molecule has 1 amide bonds. The molecule has 0 aliphatic carbocycles. The molecule has 2 aromatic heterocycles. The average Bonchev–Trinajstić information content (AvgIpc) is 2.52. The Hall–Kier alpha value is -2.54. The van der Waals surface area contributed by atoms with Crippen LogP contribution in [0.4, 0.5) is 0 Å². The number of rotatable bonds is 5. The number of aryl methyl sites for hydroxylation is 1. The number of methoxy groups -OCH3 is 1. The lowest BCUT2D eigenvalue weighted by atomic mass is 10.1. The van der Waals surface area contributed by atoms with E-state index in [1.54, 1.807) is 33.3 Å². The zero-order valence-electron chi connectivity index (χ0n) is 12.7. The van der Waals surface area contributed by atoms with Gasteiger partial charge in [0.1, 0.15) is 11.4 Å². The van der Waals surface area contributed by atoms with Crippen LogP contribution in [0.25, 0.3) is 0 Å². The van der Waals surface area contributed by atoms with E-state index in [-0.39, 0.29) is 18.2 Å². The van der Waals surface area contributed by atoms with Gasteiger partial charge in [-0.3, -0.25) is 14.6 Å². The third kappa shape index (κ3) is 3.37. The molecule has 0 aliphatic heterocycles. The van der Waals surface area contributed by atoms with Crippen LogP contribution in [0.15, 0.2) is 35.4 Å². The fourth-order valence-electron chi connectivity index (χ4n) is 2.09. The van der Waals surface area contributed by atoms with Gasteiger partial charge < -0.3 is 14.6 Å². The van der Waals surface area contributed by atoms with Crippen LogP contribution in [0.5, 0.6) is 0 Å². The second-order valence-electron chi connectivity index (χ2n) is 4.85. The van der Waals surface area contributed by atoms with Crippen molar-refractivity contribution < 1.29 is 9.53 Å². The Bertz CT molecular complexity index is 699. The molecular weight excluding hydrogens is 284 g/mol. The molecule has 0 unspecified atom stereocenters. The van der Waals surface area contributed by atoms with Gasteiger partial charge in [0.2, 0.25) is 0 Å². The molecule has 116 valence electrons. The molecule has 0 saturated heterocycles. The molecule has 0 spiro atoms. The number of amides is 1. The van der Waals surface area contributed by atoms with Gasteiger partial charge in [0.15, 0.2) is 0 Å². The lowest BCUT2D eigenvalue weighted by molar-refractivity contribution is 0.0593. The highest BCUT2D eigenvalue weighted by atomic mass is 16.5. The molecule has 0 fully saturated rings. The zero-order chi connectivity index (χ0) is 16.1. The van der Waals surface area contributed by atoms with Crippen LogP contribution in [0.1, 0.15) is 27.9 Å². The van der Waals surface area contributed by atoms with Crippen molar-refractivity contribution in [3.8, 4) is 0 Å². The first kappa shape index (κ1) is 15.8. The highest BCUT2D eigenvalue weighted by Gasteiger charge is 2.25. The third-order valence-corrected chi connectivity index (χ3v) is 3.30. The molecule has 1 N–H and O–H groups in total. The Morgan fingerprint density at radius 1 is 1.41 bits per heavy atom. The molecule has 0 radical (unpaired) electrons. The maximum Gasteiger partial charge on any atom is 0.263 e. The summed E-state index contributed by atoms with van der Waals surface area (Å²) in [4.78, 5) is 36.7. The van der Waals surface area contributed by atoms with Crippen molar-refractivity contribution in [3.05, 3.63) is 58.0 Å². The number of aromatic nitrogens is 3. The number of carbonyl (C=O) groups is 1. The van der Waals surface area contributed by atoms with Gasteiger partial charge in [-0.25, -0.2) is 4.98 Å². The van der Waals surface area contributed by atoms with E-state index >= 15 is 0 Å². The third-order valence-electron chi connectivity index (χ3n) is 3.30. The van der Waals surface area contributed by atoms with Gasteiger partial charge in [-0.2, -0.15) is 0 Å². The monoisotopic (exact) mass is 302 g/mol. The molecular formula is C15H18N4O3. The van der Waals surface area contributed by atoms with Gasteiger partial charge in [0, 0.05) is 26.6 Å². The number of carbonyl (C=O) groups excluding carboxylic acids is 1. The summed E-state index contributed by atoms with van der Waals surface area (Å²) in [5, 5.41) is 0. The summed E-state index contributed by atoms with van der Waals surface area (Å²) in [5.74, 6) is 0.0313. The van der Waals surface area contributed by atoms with Gasteiger partial charge in [-0.1, -0.05) is 6.07 Å². The summed E-state index contributed by atoms with van der Waals surface area (Å²) in [6.45, 7) is 1.93. The van der Waals surface area contributed by atoms with Crippen molar-refractivity contribution in [1.82, 2.24) is 19.9 Å².